The van der Waals surface area contributed by atoms with Crippen LogP contribution in [-0.4, -0.2) is 113 Å². The lowest BCUT2D eigenvalue weighted by Gasteiger charge is -2.61. The van der Waals surface area contributed by atoms with Crippen molar-refractivity contribution in [1.29, 1.82) is 0 Å². The molecule has 2 spiro atoms. The van der Waals surface area contributed by atoms with Gasteiger partial charge in [-0.25, -0.2) is 9.97 Å². The molecule has 11 nitrogen and oxygen atoms in total. The van der Waals surface area contributed by atoms with Crippen molar-refractivity contribution in [3.8, 4) is 45.4 Å². The number of fused-ring (bicyclic) bond motifs is 1. The summed E-state index contributed by atoms with van der Waals surface area (Å²) in [5, 5.41) is 1.06. The number of aromatic nitrogens is 3. The fourth-order valence-corrected chi connectivity index (χ4v) is 10.2. The summed E-state index contributed by atoms with van der Waals surface area (Å²) in [5.74, 6) is 1.40. The molecule has 4 aliphatic heterocycles. The summed E-state index contributed by atoms with van der Waals surface area (Å²) in [6, 6.07) is 14.2. The van der Waals surface area contributed by atoms with Gasteiger partial charge in [0.15, 0.2) is 0 Å². The van der Waals surface area contributed by atoms with Crippen LogP contribution in [-0.2, 0) is 22.6 Å². The van der Waals surface area contributed by atoms with Crippen molar-refractivity contribution in [2.45, 2.75) is 39.3 Å². The third kappa shape index (κ3) is 5.82. The number of rotatable bonds is 8. The Morgan fingerprint density at radius 1 is 0.759 bits per heavy atom. The number of carbonyl (C=O) groups is 2. The number of nitrogens with zero attached hydrogens (tertiary/aromatic N) is 7. The van der Waals surface area contributed by atoms with Crippen molar-refractivity contribution < 1.29 is 19.1 Å². The summed E-state index contributed by atoms with van der Waals surface area (Å²) in [4.78, 5) is 46.7. The van der Waals surface area contributed by atoms with Crippen LogP contribution in [0, 0.1) is 10.8 Å². The minimum atomic E-state index is 0.139. The standard InChI is InChI=1S/C41H43Cl2N7O4/c1-24(51)48-18-40(19-48)16-47(17-40)15-33-38(53-3)46-32(14-44-33)30-10-6-8-28(37(30)43)27-7-5-9-29(36(27)42)31-13-26-11-12-34(35(26)39(45-31)54-4)50-22-41(23-50)20-49(21-41)25(2)52/h5-10,13-14,34H,11-12,15-23H2,1-4H3/t34-/m0/s1. The van der Waals surface area contributed by atoms with Gasteiger partial charge in [0.2, 0.25) is 23.6 Å². The van der Waals surface area contributed by atoms with Crippen LogP contribution in [0.3, 0.4) is 0 Å². The Morgan fingerprint density at radius 3 is 1.87 bits per heavy atom. The average molecular weight is 769 g/mol. The van der Waals surface area contributed by atoms with Crippen LogP contribution in [0.4, 0.5) is 0 Å². The first-order valence-electron chi connectivity index (χ1n) is 18.5. The number of likely N-dealkylation sites (tertiary alicyclic amines) is 4. The smallest absolute Gasteiger partial charge is 0.237 e. The van der Waals surface area contributed by atoms with Gasteiger partial charge in [-0.3, -0.25) is 24.4 Å². The van der Waals surface area contributed by atoms with Crippen LogP contribution in [0.1, 0.15) is 43.1 Å². The quantitative estimate of drug-likeness (QED) is 0.213. The molecule has 280 valence electrons. The van der Waals surface area contributed by atoms with E-state index in [1.165, 1.54) is 5.56 Å². The molecular formula is C41H43Cl2N7O4. The molecule has 4 saturated heterocycles. The number of methoxy groups -OCH3 is 2. The maximum atomic E-state index is 11.8. The highest BCUT2D eigenvalue weighted by Crippen LogP contribution is 2.50. The number of halogens is 2. The van der Waals surface area contributed by atoms with E-state index in [-0.39, 0.29) is 28.7 Å². The van der Waals surface area contributed by atoms with Crippen LogP contribution in [0.5, 0.6) is 11.8 Å². The van der Waals surface area contributed by atoms with Crippen LogP contribution < -0.4 is 9.47 Å². The SMILES string of the molecule is COc1nc(-c2cccc(-c3cccc(-c4cc5c(c(OC)n4)[C@@H](N4CC6(CN(C(C)=O)C6)C4)CC5)c3Cl)c2Cl)cnc1CN1CC2(C1)CN(C(C)=O)C2. The molecule has 1 aliphatic carbocycles. The summed E-state index contributed by atoms with van der Waals surface area (Å²) in [6.07, 6.45) is 3.69. The minimum Gasteiger partial charge on any atom is -0.481 e. The first-order chi connectivity index (χ1) is 26.0. The maximum Gasteiger partial charge on any atom is 0.237 e. The van der Waals surface area contributed by atoms with E-state index < -0.39 is 0 Å². The van der Waals surface area contributed by atoms with Gasteiger partial charge in [-0.2, -0.15) is 0 Å². The summed E-state index contributed by atoms with van der Waals surface area (Å²) in [7, 11) is 3.29. The van der Waals surface area contributed by atoms with Gasteiger partial charge in [0, 0.05) is 117 Å². The van der Waals surface area contributed by atoms with Crippen LogP contribution in [0.15, 0.2) is 48.7 Å². The van der Waals surface area contributed by atoms with Gasteiger partial charge in [0.05, 0.1) is 41.8 Å². The molecule has 0 saturated carbocycles. The number of benzene rings is 2. The van der Waals surface area contributed by atoms with Gasteiger partial charge in [-0.15, -0.1) is 0 Å². The van der Waals surface area contributed by atoms with Crippen LogP contribution >= 0.6 is 23.2 Å². The molecule has 9 rings (SSSR count). The Kier molecular flexibility index (Phi) is 8.65. The fourth-order valence-electron chi connectivity index (χ4n) is 9.55. The number of ether oxygens (including phenoxy) is 2. The first kappa shape index (κ1) is 35.4. The third-order valence-electron chi connectivity index (χ3n) is 12.2. The van der Waals surface area contributed by atoms with E-state index in [4.69, 9.17) is 47.6 Å². The van der Waals surface area contributed by atoms with Gasteiger partial charge in [0.25, 0.3) is 0 Å². The lowest BCUT2D eigenvalue weighted by atomic mass is 9.72. The Bertz CT molecular complexity index is 2190. The van der Waals surface area contributed by atoms with Crippen molar-refractivity contribution in [3.63, 3.8) is 0 Å². The monoisotopic (exact) mass is 767 g/mol. The van der Waals surface area contributed by atoms with E-state index in [9.17, 15) is 9.59 Å². The van der Waals surface area contributed by atoms with Crippen LogP contribution in [0.25, 0.3) is 33.6 Å². The molecule has 2 amide bonds. The highest BCUT2D eigenvalue weighted by molar-refractivity contribution is 6.39. The molecule has 0 unspecified atom stereocenters. The lowest BCUT2D eigenvalue weighted by molar-refractivity contribution is -0.161. The van der Waals surface area contributed by atoms with Crippen molar-refractivity contribution in [2.24, 2.45) is 10.8 Å². The van der Waals surface area contributed by atoms with E-state index in [1.807, 2.05) is 46.2 Å². The predicted octanol–water partition coefficient (Wildman–Crippen LogP) is 6.01. The van der Waals surface area contributed by atoms with Gasteiger partial charge in [-0.05, 0) is 24.5 Å². The molecule has 4 fully saturated rings. The summed E-state index contributed by atoms with van der Waals surface area (Å²) in [6.45, 7) is 11.1. The maximum absolute atomic E-state index is 11.8. The topological polar surface area (TPSA) is 104 Å². The zero-order chi connectivity index (χ0) is 37.5. The van der Waals surface area contributed by atoms with Gasteiger partial charge in [-0.1, -0.05) is 59.6 Å². The molecule has 2 aromatic carbocycles. The Labute approximate surface area is 325 Å². The molecule has 0 bridgehead atoms. The largest absolute Gasteiger partial charge is 0.481 e. The molecule has 13 heteroatoms. The fraction of sp³-hybridized carbons (Fsp3) is 0.439. The number of hydrogen-bond donors (Lipinski definition) is 0. The third-order valence-corrected chi connectivity index (χ3v) is 13.0. The summed E-state index contributed by atoms with van der Waals surface area (Å²) < 4.78 is 11.7. The van der Waals surface area contributed by atoms with Crippen LogP contribution in [0.2, 0.25) is 10.0 Å². The molecule has 2 aromatic heterocycles. The van der Waals surface area contributed by atoms with E-state index >= 15 is 0 Å². The van der Waals surface area contributed by atoms with Gasteiger partial charge < -0.3 is 19.3 Å². The second-order valence-electron chi connectivity index (χ2n) is 16.0. The van der Waals surface area contributed by atoms with Crippen molar-refractivity contribution in [1.82, 2.24) is 34.6 Å². The highest BCUT2D eigenvalue weighted by atomic mass is 35.5. The Hall–Kier alpha value is -4.29. The molecule has 0 radical (unpaired) electrons. The van der Waals surface area contributed by atoms with Gasteiger partial charge >= 0.3 is 0 Å². The van der Waals surface area contributed by atoms with Crippen molar-refractivity contribution in [3.05, 3.63) is 75.5 Å². The van der Waals surface area contributed by atoms with Crippen molar-refractivity contribution in [2.75, 3.05) is 66.6 Å². The molecule has 1 atom stereocenters. The molecule has 0 N–H and O–H groups in total. The number of hydrogen-bond acceptors (Lipinski definition) is 9. The molecule has 5 aliphatic rings. The Morgan fingerprint density at radius 2 is 1.30 bits per heavy atom. The number of pyridine rings is 1. The summed E-state index contributed by atoms with van der Waals surface area (Å²) in [5.41, 5.74) is 8.05. The van der Waals surface area contributed by atoms with E-state index in [0.717, 1.165) is 104 Å². The van der Waals surface area contributed by atoms with E-state index in [1.54, 1.807) is 34.3 Å². The van der Waals surface area contributed by atoms with Gasteiger partial charge in [0.1, 0.15) is 5.69 Å². The zero-order valence-corrected chi connectivity index (χ0v) is 32.5. The Balaban J connectivity index is 0.943. The highest BCUT2D eigenvalue weighted by Gasteiger charge is 2.55. The zero-order valence-electron chi connectivity index (χ0n) is 31.0. The van der Waals surface area contributed by atoms with E-state index in [0.29, 0.717) is 34.0 Å². The van der Waals surface area contributed by atoms with E-state index in [2.05, 4.69) is 15.9 Å². The summed E-state index contributed by atoms with van der Waals surface area (Å²) >= 11 is 14.4. The second-order valence-corrected chi connectivity index (χ2v) is 16.7. The molecule has 4 aromatic rings. The number of aryl methyl sites for hydroxylation is 1. The molecule has 54 heavy (non-hydrogen) atoms. The first-order valence-corrected chi connectivity index (χ1v) is 19.3. The molecule has 6 heterocycles. The predicted molar refractivity (Wildman–Crippen MR) is 207 cm³/mol. The second kappa shape index (κ2) is 13.2. The minimum absolute atomic E-state index is 0.139. The lowest BCUT2D eigenvalue weighted by Crippen LogP contribution is -2.72. The van der Waals surface area contributed by atoms with Crippen molar-refractivity contribution >= 4 is 35.0 Å². The average Bonchev–Trinajstić information content (AvgIpc) is 3.51. The number of amides is 2. The normalized spacial score (nSPS) is 20.9. The molecular weight excluding hydrogens is 725 g/mol. The number of carbonyl (C=O) groups excluding carboxylic acids is 2.